The maximum absolute atomic E-state index is 12.5. The van der Waals surface area contributed by atoms with Crippen molar-refractivity contribution in [2.45, 2.75) is 87.7 Å². The van der Waals surface area contributed by atoms with E-state index in [1.54, 1.807) is 0 Å². The summed E-state index contributed by atoms with van der Waals surface area (Å²) in [6, 6.07) is 0.105. The third-order valence-corrected chi connectivity index (χ3v) is 7.33. The Labute approximate surface area is 148 Å². The fraction of sp³-hybridized carbons (Fsp3) is 0.824. The number of sulfone groups is 1. The number of nitrogens with zero attached hydrogens (tertiary/aromatic N) is 2. The second kappa shape index (κ2) is 7.85. The number of hydrogen-bond donors (Lipinski definition) is 1. The van der Waals surface area contributed by atoms with Crippen molar-refractivity contribution in [3.8, 4) is 0 Å². The fourth-order valence-corrected chi connectivity index (χ4v) is 4.82. The molecule has 7 nitrogen and oxygen atoms in total. The first kappa shape index (κ1) is 18.4. The van der Waals surface area contributed by atoms with E-state index in [0.29, 0.717) is 5.89 Å². The summed E-state index contributed by atoms with van der Waals surface area (Å²) in [6.07, 6.45) is 9.53. The van der Waals surface area contributed by atoms with Crippen LogP contribution in [0.25, 0.3) is 0 Å². The van der Waals surface area contributed by atoms with Crippen molar-refractivity contribution in [3.05, 3.63) is 11.7 Å². The molecular weight excluding hydrogens is 342 g/mol. The standard InChI is InChI=1S/C17H27N3O4S/c1-12(16(21)18-14-9-5-6-10-14)25(22,23)11-15-19-17(24-20-15)13-7-3-2-4-8-13/h12-14H,2-11H2,1H3,(H,18,21). The maximum atomic E-state index is 12.5. The molecule has 0 aromatic carbocycles. The third-order valence-electron chi connectivity index (χ3n) is 5.38. The van der Waals surface area contributed by atoms with Crippen LogP contribution in [0.4, 0.5) is 0 Å². The van der Waals surface area contributed by atoms with E-state index < -0.39 is 21.0 Å². The van der Waals surface area contributed by atoms with Crippen LogP contribution in [0.2, 0.25) is 0 Å². The summed E-state index contributed by atoms with van der Waals surface area (Å²) in [5.74, 6) is 0.139. The van der Waals surface area contributed by atoms with Crippen LogP contribution in [-0.4, -0.2) is 35.8 Å². The van der Waals surface area contributed by atoms with Crippen LogP contribution in [-0.2, 0) is 20.4 Å². The molecule has 0 spiro atoms. The summed E-state index contributed by atoms with van der Waals surface area (Å²) in [6.45, 7) is 1.43. The molecule has 1 aromatic heterocycles. The zero-order valence-corrected chi connectivity index (χ0v) is 15.6. The summed E-state index contributed by atoms with van der Waals surface area (Å²) in [4.78, 5) is 16.5. The van der Waals surface area contributed by atoms with Crippen molar-refractivity contribution in [2.75, 3.05) is 0 Å². The van der Waals surface area contributed by atoms with E-state index in [2.05, 4.69) is 15.5 Å². The summed E-state index contributed by atoms with van der Waals surface area (Å²) in [5, 5.41) is 5.56. The Kier molecular flexibility index (Phi) is 5.76. The Hall–Kier alpha value is -1.44. The summed E-state index contributed by atoms with van der Waals surface area (Å²) in [7, 11) is -3.67. The van der Waals surface area contributed by atoms with Gasteiger partial charge in [-0.15, -0.1) is 0 Å². The van der Waals surface area contributed by atoms with E-state index >= 15 is 0 Å². The minimum atomic E-state index is -3.67. The van der Waals surface area contributed by atoms with Gasteiger partial charge in [0.05, 0.1) is 0 Å². The lowest BCUT2D eigenvalue weighted by Crippen LogP contribution is -2.42. The molecule has 1 amide bonds. The molecule has 0 radical (unpaired) electrons. The van der Waals surface area contributed by atoms with Gasteiger partial charge in [-0.3, -0.25) is 4.79 Å². The molecule has 8 heteroatoms. The zero-order valence-electron chi connectivity index (χ0n) is 14.7. The first-order valence-electron chi connectivity index (χ1n) is 9.30. The van der Waals surface area contributed by atoms with Gasteiger partial charge in [-0.05, 0) is 32.6 Å². The van der Waals surface area contributed by atoms with Crippen LogP contribution in [0.15, 0.2) is 4.52 Å². The summed E-state index contributed by atoms with van der Waals surface area (Å²) >= 11 is 0. The second-order valence-electron chi connectivity index (χ2n) is 7.32. The van der Waals surface area contributed by atoms with Crippen LogP contribution in [0.1, 0.15) is 82.3 Å². The van der Waals surface area contributed by atoms with Crippen molar-refractivity contribution < 1.29 is 17.7 Å². The molecule has 1 heterocycles. The fourth-order valence-electron chi connectivity index (χ4n) is 3.70. The Balaban J connectivity index is 1.60. The van der Waals surface area contributed by atoms with Gasteiger partial charge in [0.1, 0.15) is 11.0 Å². The lowest BCUT2D eigenvalue weighted by Gasteiger charge is -2.17. The van der Waals surface area contributed by atoms with Crippen LogP contribution in [0, 0.1) is 0 Å². The van der Waals surface area contributed by atoms with E-state index in [9.17, 15) is 13.2 Å². The molecule has 3 rings (SSSR count). The van der Waals surface area contributed by atoms with Crippen molar-refractivity contribution in [2.24, 2.45) is 0 Å². The van der Waals surface area contributed by atoms with Crippen LogP contribution in [0.5, 0.6) is 0 Å². The highest BCUT2D eigenvalue weighted by Gasteiger charge is 2.32. The maximum Gasteiger partial charge on any atom is 0.238 e. The monoisotopic (exact) mass is 369 g/mol. The van der Waals surface area contributed by atoms with Crippen molar-refractivity contribution >= 4 is 15.7 Å². The number of carbonyl (C=O) groups is 1. The van der Waals surface area contributed by atoms with Gasteiger partial charge in [0.25, 0.3) is 0 Å². The van der Waals surface area contributed by atoms with Crippen molar-refractivity contribution in [3.63, 3.8) is 0 Å². The minimum absolute atomic E-state index is 0.105. The molecule has 0 aliphatic heterocycles. The van der Waals surface area contributed by atoms with E-state index in [-0.39, 0.29) is 23.5 Å². The molecule has 1 unspecified atom stereocenters. The zero-order chi connectivity index (χ0) is 17.9. The van der Waals surface area contributed by atoms with Crippen LogP contribution in [0.3, 0.4) is 0 Å². The summed E-state index contributed by atoms with van der Waals surface area (Å²) in [5.41, 5.74) is 0. The lowest BCUT2D eigenvalue weighted by molar-refractivity contribution is -0.121. The first-order chi connectivity index (χ1) is 12.0. The molecule has 25 heavy (non-hydrogen) atoms. The first-order valence-corrected chi connectivity index (χ1v) is 11.0. The molecule has 1 atom stereocenters. The Morgan fingerprint density at radius 2 is 1.80 bits per heavy atom. The summed E-state index contributed by atoms with van der Waals surface area (Å²) < 4.78 is 30.3. The quantitative estimate of drug-likeness (QED) is 0.826. The molecule has 2 aliphatic carbocycles. The van der Waals surface area contributed by atoms with E-state index in [0.717, 1.165) is 51.4 Å². The number of amides is 1. The van der Waals surface area contributed by atoms with Crippen LogP contribution < -0.4 is 5.32 Å². The van der Waals surface area contributed by atoms with Gasteiger partial charge in [-0.2, -0.15) is 4.98 Å². The van der Waals surface area contributed by atoms with E-state index in [4.69, 9.17) is 4.52 Å². The highest BCUT2D eigenvalue weighted by Crippen LogP contribution is 2.31. The molecule has 140 valence electrons. The Bertz CT molecular complexity index is 689. The molecule has 1 N–H and O–H groups in total. The Morgan fingerprint density at radius 1 is 1.16 bits per heavy atom. The highest BCUT2D eigenvalue weighted by molar-refractivity contribution is 7.92. The van der Waals surface area contributed by atoms with Crippen LogP contribution >= 0.6 is 0 Å². The molecule has 0 saturated heterocycles. The predicted molar refractivity (Wildman–Crippen MR) is 92.6 cm³/mol. The highest BCUT2D eigenvalue weighted by atomic mass is 32.2. The minimum Gasteiger partial charge on any atom is -0.352 e. The number of carbonyl (C=O) groups excluding carboxylic acids is 1. The van der Waals surface area contributed by atoms with Gasteiger partial charge in [-0.25, -0.2) is 8.42 Å². The number of nitrogens with one attached hydrogen (secondary N) is 1. The van der Waals surface area contributed by atoms with Crippen molar-refractivity contribution in [1.82, 2.24) is 15.5 Å². The Morgan fingerprint density at radius 3 is 2.48 bits per heavy atom. The van der Waals surface area contributed by atoms with E-state index in [1.807, 2.05) is 0 Å². The van der Waals surface area contributed by atoms with Crippen molar-refractivity contribution in [1.29, 1.82) is 0 Å². The predicted octanol–water partition coefficient (Wildman–Crippen LogP) is 2.48. The van der Waals surface area contributed by atoms with E-state index in [1.165, 1.54) is 13.3 Å². The largest absolute Gasteiger partial charge is 0.352 e. The molecule has 2 fully saturated rings. The topological polar surface area (TPSA) is 102 Å². The number of aromatic nitrogens is 2. The van der Waals surface area contributed by atoms with Gasteiger partial charge >= 0.3 is 0 Å². The van der Waals surface area contributed by atoms with Gasteiger partial charge in [-0.1, -0.05) is 37.3 Å². The molecular formula is C17H27N3O4S. The second-order valence-corrected chi connectivity index (χ2v) is 9.64. The molecule has 2 aliphatic rings. The molecule has 0 bridgehead atoms. The number of rotatable bonds is 6. The van der Waals surface area contributed by atoms with Gasteiger partial charge in [0.15, 0.2) is 15.7 Å². The average Bonchev–Trinajstić information content (AvgIpc) is 3.26. The molecule has 1 aromatic rings. The smallest absolute Gasteiger partial charge is 0.238 e. The SMILES string of the molecule is CC(C(=O)NC1CCCC1)S(=O)(=O)Cc1noc(C2CCCCC2)n1. The number of hydrogen-bond acceptors (Lipinski definition) is 6. The lowest BCUT2D eigenvalue weighted by atomic mass is 9.89. The van der Waals surface area contributed by atoms with Gasteiger partial charge in [0.2, 0.25) is 11.8 Å². The van der Waals surface area contributed by atoms with Gasteiger partial charge in [0, 0.05) is 12.0 Å². The molecule has 2 saturated carbocycles. The normalized spacial score (nSPS) is 21.3. The van der Waals surface area contributed by atoms with Gasteiger partial charge < -0.3 is 9.84 Å². The third kappa shape index (κ3) is 4.59. The average molecular weight is 369 g/mol.